The van der Waals surface area contributed by atoms with E-state index in [1.54, 1.807) is 10.9 Å². The summed E-state index contributed by atoms with van der Waals surface area (Å²) >= 11 is 0. The molecule has 21 heavy (non-hydrogen) atoms. The molecule has 118 valence electrons. The molecule has 0 unspecified atom stereocenters. The second kappa shape index (κ2) is 6.26. The van der Waals surface area contributed by atoms with Gasteiger partial charge < -0.3 is 4.74 Å². The van der Waals surface area contributed by atoms with Crippen LogP contribution in [0.1, 0.15) is 70.3 Å². The van der Waals surface area contributed by atoms with E-state index in [4.69, 9.17) is 4.74 Å². The molecule has 1 aromatic rings. The lowest BCUT2D eigenvalue weighted by atomic mass is 9.69. The first-order valence-electron chi connectivity index (χ1n) is 8.01. The van der Waals surface area contributed by atoms with Crippen LogP contribution in [0.2, 0.25) is 0 Å². The minimum atomic E-state index is -0.683. The molecule has 0 spiro atoms. The van der Waals surface area contributed by atoms with Gasteiger partial charge in [-0.3, -0.25) is 4.79 Å². The van der Waals surface area contributed by atoms with Gasteiger partial charge in [0.1, 0.15) is 11.3 Å². The van der Waals surface area contributed by atoms with Crippen molar-refractivity contribution in [3.63, 3.8) is 0 Å². The Bertz CT molecular complexity index is 483. The molecule has 0 aromatic carbocycles. The molecule has 1 heterocycles. The number of Topliss-reactive ketones (excluding diaryl/α,β-unsaturated/α-hetero) is 1. The Morgan fingerprint density at radius 3 is 2.52 bits per heavy atom. The normalized spacial score (nSPS) is 20.4. The Labute approximate surface area is 127 Å². The molecule has 0 amide bonds. The SMILES string of the molecule is CCCn1nncc1C(=O)C1(OCC)CCC(C)(C)CC1. The van der Waals surface area contributed by atoms with E-state index in [-0.39, 0.29) is 5.78 Å². The molecule has 1 fully saturated rings. The van der Waals surface area contributed by atoms with Crippen LogP contribution in [-0.2, 0) is 11.3 Å². The molecule has 1 saturated carbocycles. The van der Waals surface area contributed by atoms with Crippen LogP contribution in [0, 0.1) is 5.41 Å². The minimum absolute atomic E-state index is 0.0540. The summed E-state index contributed by atoms with van der Waals surface area (Å²) in [5, 5.41) is 7.95. The lowest BCUT2D eigenvalue weighted by molar-refractivity contribution is -0.0585. The smallest absolute Gasteiger partial charge is 0.214 e. The van der Waals surface area contributed by atoms with E-state index < -0.39 is 5.60 Å². The monoisotopic (exact) mass is 293 g/mol. The van der Waals surface area contributed by atoms with Gasteiger partial charge in [-0.15, -0.1) is 5.10 Å². The quantitative estimate of drug-likeness (QED) is 0.755. The van der Waals surface area contributed by atoms with Crippen molar-refractivity contribution in [2.45, 2.75) is 71.9 Å². The molecule has 0 bridgehead atoms. The third kappa shape index (κ3) is 3.34. The lowest BCUT2D eigenvalue weighted by Gasteiger charge is -2.42. The molecule has 5 nitrogen and oxygen atoms in total. The fourth-order valence-electron chi connectivity index (χ4n) is 3.09. The second-order valence-corrected chi connectivity index (χ2v) is 6.76. The Morgan fingerprint density at radius 2 is 1.95 bits per heavy atom. The number of nitrogens with zero attached hydrogens (tertiary/aromatic N) is 3. The van der Waals surface area contributed by atoms with Gasteiger partial charge in [-0.25, -0.2) is 4.68 Å². The first-order chi connectivity index (χ1) is 9.94. The Morgan fingerprint density at radius 1 is 1.29 bits per heavy atom. The van der Waals surface area contributed by atoms with Crippen LogP contribution < -0.4 is 0 Å². The van der Waals surface area contributed by atoms with E-state index in [0.29, 0.717) is 17.7 Å². The predicted molar refractivity (Wildman–Crippen MR) is 81.2 cm³/mol. The summed E-state index contributed by atoms with van der Waals surface area (Å²) in [6, 6.07) is 0. The van der Waals surface area contributed by atoms with Crippen LogP contribution in [0.25, 0.3) is 0 Å². The molecular weight excluding hydrogens is 266 g/mol. The average molecular weight is 293 g/mol. The van der Waals surface area contributed by atoms with E-state index in [2.05, 4.69) is 31.1 Å². The lowest BCUT2D eigenvalue weighted by Crippen LogP contribution is -2.47. The fourth-order valence-corrected chi connectivity index (χ4v) is 3.09. The van der Waals surface area contributed by atoms with Crippen molar-refractivity contribution < 1.29 is 9.53 Å². The molecular formula is C16H27N3O2. The van der Waals surface area contributed by atoms with Crippen LogP contribution in [0.5, 0.6) is 0 Å². The summed E-state index contributed by atoms with van der Waals surface area (Å²) in [5.74, 6) is 0.0540. The van der Waals surface area contributed by atoms with Crippen molar-refractivity contribution in [3.8, 4) is 0 Å². The van der Waals surface area contributed by atoms with Gasteiger partial charge in [0.2, 0.25) is 5.78 Å². The van der Waals surface area contributed by atoms with Crippen LogP contribution in [0.15, 0.2) is 6.20 Å². The third-order valence-corrected chi connectivity index (χ3v) is 4.53. The highest BCUT2D eigenvalue weighted by Crippen LogP contribution is 2.43. The summed E-state index contributed by atoms with van der Waals surface area (Å²) in [6.07, 6.45) is 6.09. The Hall–Kier alpha value is -1.23. The molecule has 1 aliphatic rings. The summed E-state index contributed by atoms with van der Waals surface area (Å²) < 4.78 is 7.68. The van der Waals surface area contributed by atoms with Gasteiger partial charge in [-0.05, 0) is 44.4 Å². The zero-order valence-electron chi connectivity index (χ0n) is 13.7. The van der Waals surface area contributed by atoms with Crippen LogP contribution in [0.3, 0.4) is 0 Å². The molecule has 0 aliphatic heterocycles. The number of ketones is 1. The number of aryl methyl sites for hydroxylation is 1. The Balaban J connectivity index is 2.25. The molecule has 0 saturated heterocycles. The highest BCUT2D eigenvalue weighted by atomic mass is 16.5. The highest BCUT2D eigenvalue weighted by Gasteiger charge is 2.46. The number of ether oxygens (including phenoxy) is 1. The molecule has 0 N–H and O–H groups in total. The van der Waals surface area contributed by atoms with E-state index in [0.717, 1.165) is 38.6 Å². The van der Waals surface area contributed by atoms with Crippen LogP contribution in [-0.4, -0.2) is 33.0 Å². The first-order valence-corrected chi connectivity index (χ1v) is 8.01. The van der Waals surface area contributed by atoms with Gasteiger partial charge >= 0.3 is 0 Å². The molecule has 2 rings (SSSR count). The van der Waals surface area contributed by atoms with Gasteiger partial charge in [0.05, 0.1) is 6.20 Å². The summed E-state index contributed by atoms with van der Waals surface area (Å²) in [6.45, 7) is 9.82. The summed E-state index contributed by atoms with van der Waals surface area (Å²) in [5.41, 5.74) is 0.199. The maximum Gasteiger partial charge on any atom is 0.214 e. The van der Waals surface area contributed by atoms with Gasteiger partial charge in [0.15, 0.2) is 0 Å². The standard InChI is InChI=1S/C16H27N3O2/c1-5-11-19-13(12-17-18-19)14(20)16(21-6-2)9-7-15(3,4)8-10-16/h12H,5-11H2,1-4H3. The zero-order chi connectivity index (χ0) is 15.5. The molecule has 0 radical (unpaired) electrons. The van der Waals surface area contributed by atoms with Gasteiger partial charge in [-0.1, -0.05) is 26.0 Å². The molecule has 1 aliphatic carbocycles. The van der Waals surface area contributed by atoms with Crippen molar-refractivity contribution in [1.29, 1.82) is 0 Å². The molecule has 1 aromatic heterocycles. The maximum absolute atomic E-state index is 13.1. The molecule has 5 heteroatoms. The fraction of sp³-hybridized carbons (Fsp3) is 0.812. The first kappa shape index (κ1) is 16.1. The topological polar surface area (TPSA) is 57.0 Å². The maximum atomic E-state index is 13.1. The van der Waals surface area contributed by atoms with Crippen LogP contribution in [0.4, 0.5) is 0 Å². The Kier molecular flexibility index (Phi) is 4.81. The average Bonchev–Trinajstić information content (AvgIpc) is 2.89. The van der Waals surface area contributed by atoms with Gasteiger partial charge in [0.25, 0.3) is 0 Å². The minimum Gasteiger partial charge on any atom is -0.367 e. The predicted octanol–water partition coefficient (Wildman–Crippen LogP) is 3.25. The number of rotatable bonds is 6. The van der Waals surface area contributed by atoms with E-state index in [1.165, 1.54) is 0 Å². The van der Waals surface area contributed by atoms with Gasteiger partial charge in [0, 0.05) is 13.2 Å². The van der Waals surface area contributed by atoms with Crippen molar-refractivity contribution >= 4 is 5.78 Å². The number of carbonyl (C=O) groups is 1. The largest absolute Gasteiger partial charge is 0.367 e. The third-order valence-electron chi connectivity index (χ3n) is 4.53. The van der Waals surface area contributed by atoms with Crippen molar-refractivity contribution in [1.82, 2.24) is 15.0 Å². The van der Waals surface area contributed by atoms with Crippen LogP contribution >= 0.6 is 0 Å². The second-order valence-electron chi connectivity index (χ2n) is 6.76. The number of hydrogen-bond acceptors (Lipinski definition) is 4. The molecule has 0 atom stereocenters. The van der Waals surface area contributed by atoms with E-state index in [1.807, 2.05) is 6.92 Å². The van der Waals surface area contributed by atoms with E-state index in [9.17, 15) is 4.79 Å². The van der Waals surface area contributed by atoms with Crippen molar-refractivity contribution in [3.05, 3.63) is 11.9 Å². The number of aromatic nitrogens is 3. The van der Waals surface area contributed by atoms with Gasteiger partial charge in [-0.2, -0.15) is 0 Å². The van der Waals surface area contributed by atoms with Crippen molar-refractivity contribution in [2.24, 2.45) is 5.41 Å². The van der Waals surface area contributed by atoms with Crippen molar-refractivity contribution in [2.75, 3.05) is 6.61 Å². The highest BCUT2D eigenvalue weighted by molar-refractivity contribution is 6.01. The number of hydrogen-bond donors (Lipinski definition) is 0. The zero-order valence-corrected chi connectivity index (χ0v) is 13.7. The number of carbonyl (C=O) groups excluding carboxylic acids is 1. The van der Waals surface area contributed by atoms with E-state index >= 15 is 0 Å². The summed E-state index contributed by atoms with van der Waals surface area (Å²) in [7, 11) is 0. The summed E-state index contributed by atoms with van der Waals surface area (Å²) in [4.78, 5) is 13.1.